The van der Waals surface area contributed by atoms with Crippen LogP contribution in [-0.2, 0) is 13.1 Å². The van der Waals surface area contributed by atoms with Gasteiger partial charge in [-0.3, -0.25) is 0 Å². The van der Waals surface area contributed by atoms with Crippen molar-refractivity contribution in [3.8, 4) is 0 Å². The molecule has 0 aliphatic heterocycles. The van der Waals surface area contributed by atoms with Crippen LogP contribution in [0.4, 0.5) is 0 Å². The molecule has 0 spiro atoms. The highest BCUT2D eigenvalue weighted by Crippen LogP contribution is 2.25. The molecule has 0 amide bonds. The van der Waals surface area contributed by atoms with Crippen LogP contribution in [0.3, 0.4) is 0 Å². The summed E-state index contributed by atoms with van der Waals surface area (Å²) in [5, 5.41) is 4.38. The van der Waals surface area contributed by atoms with Crippen molar-refractivity contribution in [1.82, 2.24) is 10.2 Å². The second kappa shape index (κ2) is 11.0. The second-order valence-electron chi connectivity index (χ2n) is 6.29. The molecule has 0 aromatic heterocycles. The lowest BCUT2D eigenvalue weighted by atomic mass is 10.1. The van der Waals surface area contributed by atoms with Gasteiger partial charge in [0, 0.05) is 16.6 Å². The van der Waals surface area contributed by atoms with Gasteiger partial charge in [-0.15, -0.1) is 24.0 Å². The molecule has 2 aromatic rings. The fourth-order valence-electron chi connectivity index (χ4n) is 2.57. The molecule has 0 heterocycles. The van der Waals surface area contributed by atoms with Gasteiger partial charge in [0.05, 0.1) is 12.6 Å². The van der Waals surface area contributed by atoms with Crippen molar-refractivity contribution < 1.29 is 0 Å². The Morgan fingerprint density at radius 3 is 2.50 bits per heavy atom. The molecule has 7 heteroatoms. The van der Waals surface area contributed by atoms with Crippen LogP contribution in [0.5, 0.6) is 0 Å². The maximum atomic E-state index is 6.23. The Balaban J connectivity index is 0.00000338. The van der Waals surface area contributed by atoms with E-state index in [0.29, 0.717) is 22.5 Å². The topological polar surface area (TPSA) is 53.6 Å². The first-order valence-corrected chi connectivity index (χ1v) is 8.84. The van der Waals surface area contributed by atoms with Gasteiger partial charge >= 0.3 is 0 Å². The Morgan fingerprint density at radius 2 is 1.85 bits per heavy atom. The molecular formula is C19H25Cl2IN4. The fraction of sp³-hybridized carbons (Fsp3) is 0.316. The van der Waals surface area contributed by atoms with Gasteiger partial charge in [0.15, 0.2) is 5.96 Å². The van der Waals surface area contributed by atoms with E-state index < -0.39 is 0 Å². The Hall–Kier alpha value is -1.02. The smallest absolute Gasteiger partial charge is 0.189 e. The lowest BCUT2D eigenvalue weighted by Crippen LogP contribution is -2.34. The van der Waals surface area contributed by atoms with Gasteiger partial charge in [-0.2, -0.15) is 0 Å². The standard InChI is InChI=1S/C19H24Cl2N4.HI/c1-13(17-8-7-16(20)10-18(17)21)24-19(22)23-11-14-5-4-6-15(9-14)12-25(2)3;/h4-10,13H,11-12H2,1-3H3,(H3,22,23,24);1H. The average Bonchev–Trinajstić information content (AvgIpc) is 2.52. The molecule has 3 N–H and O–H groups in total. The van der Waals surface area contributed by atoms with Gasteiger partial charge in [-0.25, -0.2) is 4.99 Å². The van der Waals surface area contributed by atoms with E-state index in [9.17, 15) is 0 Å². The zero-order chi connectivity index (χ0) is 18.4. The van der Waals surface area contributed by atoms with Gasteiger partial charge in [0.1, 0.15) is 0 Å². The molecule has 0 aliphatic carbocycles. The van der Waals surface area contributed by atoms with E-state index in [0.717, 1.165) is 17.7 Å². The lowest BCUT2D eigenvalue weighted by molar-refractivity contribution is 0.402. The molecular weight excluding hydrogens is 482 g/mol. The first-order chi connectivity index (χ1) is 11.8. The van der Waals surface area contributed by atoms with Gasteiger partial charge < -0.3 is 16.0 Å². The van der Waals surface area contributed by atoms with Crippen molar-refractivity contribution in [2.75, 3.05) is 14.1 Å². The van der Waals surface area contributed by atoms with Crippen molar-refractivity contribution in [1.29, 1.82) is 0 Å². The number of aliphatic imine (C=N–C) groups is 1. The van der Waals surface area contributed by atoms with Gasteiger partial charge in [0.2, 0.25) is 0 Å². The number of hydrogen-bond acceptors (Lipinski definition) is 2. The summed E-state index contributed by atoms with van der Waals surface area (Å²) in [4.78, 5) is 6.56. The zero-order valence-electron chi connectivity index (χ0n) is 15.2. The van der Waals surface area contributed by atoms with Crippen molar-refractivity contribution >= 4 is 53.1 Å². The van der Waals surface area contributed by atoms with Crippen LogP contribution in [0.2, 0.25) is 10.0 Å². The number of hydrogen-bond donors (Lipinski definition) is 2. The molecule has 0 radical (unpaired) electrons. The normalized spacial score (nSPS) is 12.6. The minimum Gasteiger partial charge on any atom is -0.370 e. The fourth-order valence-corrected chi connectivity index (χ4v) is 3.14. The molecule has 0 bridgehead atoms. The SMILES string of the molecule is CC(NC(N)=NCc1cccc(CN(C)C)c1)c1ccc(Cl)cc1Cl.I. The van der Waals surface area contributed by atoms with Gasteiger partial charge in [-0.05, 0) is 49.8 Å². The number of rotatable bonds is 6. The number of nitrogens with one attached hydrogen (secondary N) is 1. The number of halogens is 3. The number of nitrogens with two attached hydrogens (primary N) is 1. The molecule has 0 fully saturated rings. The predicted octanol–water partition coefficient (Wildman–Crippen LogP) is 4.84. The van der Waals surface area contributed by atoms with Crippen LogP contribution in [0, 0.1) is 0 Å². The first kappa shape index (κ1) is 23.0. The summed E-state index contributed by atoms with van der Waals surface area (Å²) >= 11 is 12.2. The summed E-state index contributed by atoms with van der Waals surface area (Å²) in [6, 6.07) is 13.7. The van der Waals surface area contributed by atoms with Crippen LogP contribution in [-0.4, -0.2) is 25.0 Å². The summed E-state index contributed by atoms with van der Waals surface area (Å²) in [5.74, 6) is 0.386. The number of guanidine groups is 1. The molecule has 4 nitrogen and oxygen atoms in total. The molecule has 1 atom stereocenters. The van der Waals surface area contributed by atoms with Crippen molar-refractivity contribution in [3.63, 3.8) is 0 Å². The third-order valence-electron chi connectivity index (χ3n) is 3.72. The van der Waals surface area contributed by atoms with E-state index in [1.165, 1.54) is 5.56 Å². The summed E-state index contributed by atoms with van der Waals surface area (Å²) in [7, 11) is 4.10. The third-order valence-corrected chi connectivity index (χ3v) is 4.28. The van der Waals surface area contributed by atoms with E-state index >= 15 is 0 Å². The Labute approximate surface area is 182 Å². The monoisotopic (exact) mass is 506 g/mol. The lowest BCUT2D eigenvalue weighted by Gasteiger charge is -2.16. The van der Waals surface area contributed by atoms with Crippen LogP contribution >= 0.6 is 47.2 Å². The van der Waals surface area contributed by atoms with Crippen molar-refractivity contribution in [2.45, 2.75) is 26.1 Å². The first-order valence-electron chi connectivity index (χ1n) is 8.09. The molecule has 1 unspecified atom stereocenters. The number of benzene rings is 2. The molecule has 26 heavy (non-hydrogen) atoms. The highest BCUT2D eigenvalue weighted by atomic mass is 127. The Morgan fingerprint density at radius 1 is 1.15 bits per heavy atom. The molecule has 2 rings (SSSR count). The molecule has 0 saturated carbocycles. The average molecular weight is 507 g/mol. The molecule has 0 aliphatic rings. The van der Waals surface area contributed by atoms with Crippen LogP contribution < -0.4 is 11.1 Å². The van der Waals surface area contributed by atoms with E-state index in [2.05, 4.69) is 47.5 Å². The highest BCUT2D eigenvalue weighted by molar-refractivity contribution is 14.0. The summed E-state index contributed by atoms with van der Waals surface area (Å²) < 4.78 is 0. The Bertz CT molecular complexity index is 750. The minimum atomic E-state index is -0.0615. The van der Waals surface area contributed by atoms with Crippen LogP contribution in [0.25, 0.3) is 0 Å². The molecule has 142 valence electrons. The summed E-state index contributed by atoms with van der Waals surface area (Å²) in [6.07, 6.45) is 0. The van der Waals surface area contributed by atoms with E-state index in [1.807, 2.05) is 25.1 Å². The second-order valence-corrected chi connectivity index (χ2v) is 7.13. The highest BCUT2D eigenvalue weighted by Gasteiger charge is 2.10. The summed E-state index contributed by atoms with van der Waals surface area (Å²) in [5.41, 5.74) is 9.33. The third kappa shape index (κ3) is 7.31. The molecule has 2 aromatic carbocycles. The van der Waals surface area contributed by atoms with Gasteiger partial charge in [-0.1, -0.05) is 53.5 Å². The van der Waals surface area contributed by atoms with Crippen molar-refractivity contribution in [3.05, 3.63) is 69.2 Å². The zero-order valence-corrected chi connectivity index (χ0v) is 19.0. The maximum Gasteiger partial charge on any atom is 0.189 e. The largest absolute Gasteiger partial charge is 0.370 e. The van der Waals surface area contributed by atoms with E-state index in [-0.39, 0.29) is 30.0 Å². The van der Waals surface area contributed by atoms with Crippen LogP contribution in [0.15, 0.2) is 47.5 Å². The Kier molecular flexibility index (Phi) is 9.71. The van der Waals surface area contributed by atoms with Crippen molar-refractivity contribution in [2.24, 2.45) is 10.7 Å². The number of nitrogens with zero attached hydrogens (tertiary/aromatic N) is 2. The van der Waals surface area contributed by atoms with E-state index in [1.54, 1.807) is 6.07 Å². The predicted molar refractivity (Wildman–Crippen MR) is 123 cm³/mol. The summed E-state index contributed by atoms with van der Waals surface area (Å²) in [6.45, 7) is 3.41. The van der Waals surface area contributed by atoms with Gasteiger partial charge in [0.25, 0.3) is 0 Å². The van der Waals surface area contributed by atoms with E-state index in [4.69, 9.17) is 28.9 Å². The quantitative estimate of drug-likeness (QED) is 0.335. The minimum absolute atomic E-state index is 0. The molecule has 0 saturated heterocycles. The maximum absolute atomic E-state index is 6.23. The van der Waals surface area contributed by atoms with Crippen LogP contribution in [0.1, 0.15) is 29.7 Å².